The number of ether oxygens (including phenoxy) is 1. The molecule has 0 aliphatic carbocycles. The van der Waals surface area contributed by atoms with Crippen LogP contribution in [-0.4, -0.2) is 82.3 Å². The molecule has 1 aliphatic rings. The summed E-state index contributed by atoms with van der Waals surface area (Å²) in [6.45, 7) is 10.7. The topological polar surface area (TPSA) is 121 Å². The molecule has 4 aromatic rings. The van der Waals surface area contributed by atoms with Crippen LogP contribution in [0.4, 0.5) is 22.1 Å². The lowest BCUT2D eigenvalue weighted by Gasteiger charge is -2.41. The van der Waals surface area contributed by atoms with Crippen LogP contribution in [0.25, 0.3) is 11.3 Å². The average molecular weight is 624 g/mol. The summed E-state index contributed by atoms with van der Waals surface area (Å²) in [6, 6.07) is 19.2. The molecule has 1 atom stereocenters. The molecule has 240 valence electrons. The van der Waals surface area contributed by atoms with Gasteiger partial charge < -0.3 is 20.7 Å². The van der Waals surface area contributed by atoms with Gasteiger partial charge in [0.1, 0.15) is 0 Å². The number of anilines is 3. The molecule has 2 aromatic carbocycles. The standard InChI is InChI=1S/C35H42N8O3/c1-5-26(3)38-35(45)46-24-43(4)19-17-42(18-20-43)23-27-9-11-28(12-10-27)33(44)39-30-13-8-25(2)32(21-30)41-34-37-16-14-31(40-34)29-7-6-15-36-22-29/h6-16,21-22,26H,5,17-20,23-24H2,1-4H3,(H2-,37,38,39,40,41,44,45)/p+1. The first-order valence-corrected chi connectivity index (χ1v) is 15.7. The predicted molar refractivity (Wildman–Crippen MR) is 180 cm³/mol. The number of nitrogens with one attached hydrogen (secondary N) is 3. The average Bonchev–Trinajstić information content (AvgIpc) is 3.07. The van der Waals surface area contributed by atoms with Crippen molar-refractivity contribution in [2.24, 2.45) is 0 Å². The normalized spacial score (nSPS) is 15.0. The highest BCUT2D eigenvalue weighted by Crippen LogP contribution is 2.25. The van der Waals surface area contributed by atoms with Gasteiger partial charge in [0.05, 0.1) is 25.8 Å². The van der Waals surface area contributed by atoms with Gasteiger partial charge in [-0.25, -0.2) is 14.8 Å². The Labute approximate surface area is 270 Å². The van der Waals surface area contributed by atoms with Crippen molar-refractivity contribution in [3.8, 4) is 11.3 Å². The fourth-order valence-electron chi connectivity index (χ4n) is 5.11. The number of piperazine rings is 1. The van der Waals surface area contributed by atoms with E-state index in [-0.39, 0.29) is 18.0 Å². The molecule has 0 spiro atoms. The molecule has 1 fully saturated rings. The van der Waals surface area contributed by atoms with Crippen molar-refractivity contribution in [3.63, 3.8) is 0 Å². The number of nitrogens with zero attached hydrogens (tertiary/aromatic N) is 5. The van der Waals surface area contributed by atoms with Crippen LogP contribution in [0, 0.1) is 6.92 Å². The highest BCUT2D eigenvalue weighted by Gasteiger charge is 2.30. The van der Waals surface area contributed by atoms with Gasteiger partial charge in [-0.05, 0) is 73.9 Å². The Morgan fingerprint density at radius 3 is 2.54 bits per heavy atom. The Morgan fingerprint density at radius 1 is 1.04 bits per heavy atom. The van der Waals surface area contributed by atoms with E-state index in [0.29, 0.717) is 28.4 Å². The largest absolute Gasteiger partial charge is 0.411 e. The summed E-state index contributed by atoms with van der Waals surface area (Å²) in [4.78, 5) is 40.7. The molecular weight excluding hydrogens is 580 g/mol. The number of carbonyl (C=O) groups excluding carboxylic acids is 2. The third-order valence-electron chi connectivity index (χ3n) is 8.37. The monoisotopic (exact) mass is 623 g/mol. The van der Waals surface area contributed by atoms with Crippen LogP contribution in [0.5, 0.6) is 0 Å². The zero-order chi connectivity index (χ0) is 32.5. The van der Waals surface area contributed by atoms with Crippen molar-refractivity contribution in [3.05, 3.63) is 95.9 Å². The second kappa shape index (κ2) is 14.9. The van der Waals surface area contributed by atoms with E-state index in [4.69, 9.17) is 4.74 Å². The Balaban J connectivity index is 1.12. The van der Waals surface area contributed by atoms with Gasteiger partial charge in [-0.1, -0.05) is 25.1 Å². The molecule has 0 bridgehead atoms. The minimum Gasteiger partial charge on any atom is -0.399 e. The van der Waals surface area contributed by atoms with Crippen LogP contribution in [0.3, 0.4) is 0 Å². The highest BCUT2D eigenvalue weighted by molar-refractivity contribution is 6.04. The number of aromatic nitrogens is 3. The first-order valence-electron chi connectivity index (χ1n) is 15.7. The van der Waals surface area contributed by atoms with E-state index in [2.05, 4.69) is 42.8 Å². The Morgan fingerprint density at radius 2 is 1.83 bits per heavy atom. The maximum atomic E-state index is 13.1. The molecule has 0 saturated carbocycles. The van der Waals surface area contributed by atoms with E-state index >= 15 is 0 Å². The number of likely N-dealkylation sites (N-methyl/N-ethyl adjacent to an activating group) is 1. The van der Waals surface area contributed by atoms with E-state index in [1.54, 1.807) is 18.6 Å². The first-order chi connectivity index (χ1) is 22.2. The van der Waals surface area contributed by atoms with Gasteiger partial charge in [0.25, 0.3) is 5.91 Å². The number of pyridine rings is 1. The maximum Gasteiger partial charge on any atom is 0.411 e. The van der Waals surface area contributed by atoms with E-state index in [1.807, 2.05) is 81.4 Å². The number of quaternary nitrogens is 1. The molecule has 1 saturated heterocycles. The smallest absolute Gasteiger partial charge is 0.399 e. The number of carbonyl (C=O) groups is 2. The number of aryl methyl sites for hydroxylation is 1. The summed E-state index contributed by atoms with van der Waals surface area (Å²) in [5.74, 6) is 0.276. The van der Waals surface area contributed by atoms with Crippen molar-refractivity contribution < 1.29 is 18.8 Å². The van der Waals surface area contributed by atoms with Crippen LogP contribution in [-0.2, 0) is 11.3 Å². The van der Waals surface area contributed by atoms with Crippen LogP contribution < -0.4 is 16.0 Å². The molecule has 2 aromatic heterocycles. The number of amides is 2. The van der Waals surface area contributed by atoms with Gasteiger partial charge in [-0.3, -0.25) is 19.2 Å². The van der Waals surface area contributed by atoms with Crippen LogP contribution in [0.2, 0.25) is 0 Å². The second-order valence-electron chi connectivity index (χ2n) is 12.2. The number of rotatable bonds is 11. The maximum absolute atomic E-state index is 13.1. The zero-order valence-corrected chi connectivity index (χ0v) is 27.0. The van der Waals surface area contributed by atoms with Gasteiger partial charge in [-0.15, -0.1) is 0 Å². The lowest BCUT2D eigenvalue weighted by atomic mass is 10.1. The number of benzene rings is 2. The lowest BCUT2D eigenvalue weighted by molar-refractivity contribution is -0.929. The zero-order valence-electron chi connectivity index (χ0n) is 27.0. The molecule has 11 heteroatoms. The van der Waals surface area contributed by atoms with Gasteiger partial charge in [-0.2, -0.15) is 0 Å². The Bertz CT molecular complexity index is 1620. The van der Waals surface area contributed by atoms with Gasteiger partial charge >= 0.3 is 6.09 Å². The predicted octanol–water partition coefficient (Wildman–Crippen LogP) is 5.59. The highest BCUT2D eigenvalue weighted by atomic mass is 16.6. The SMILES string of the molecule is CCC(C)NC(=O)OC[N+]1(C)CCN(Cc2ccc(C(=O)Nc3ccc(C)c(Nc4nccc(-c5cccnc5)n4)c3)cc2)CC1. The summed E-state index contributed by atoms with van der Waals surface area (Å²) in [5.41, 5.74) is 5.86. The van der Waals surface area contributed by atoms with Crippen LogP contribution in [0.15, 0.2) is 79.3 Å². The molecular formula is C35H43N8O3+. The van der Waals surface area contributed by atoms with Crippen LogP contribution in [0.1, 0.15) is 41.8 Å². The van der Waals surface area contributed by atoms with Gasteiger partial charge in [0.2, 0.25) is 12.7 Å². The molecule has 1 unspecified atom stereocenters. The Kier molecular flexibility index (Phi) is 10.6. The molecule has 2 amide bonds. The third kappa shape index (κ3) is 8.86. The minimum absolute atomic E-state index is 0.105. The molecule has 1 aliphatic heterocycles. The lowest BCUT2D eigenvalue weighted by Crippen LogP contribution is -2.58. The fourth-order valence-corrected chi connectivity index (χ4v) is 5.11. The second-order valence-corrected chi connectivity index (χ2v) is 12.2. The van der Waals surface area contributed by atoms with Crippen molar-refractivity contribution in [2.45, 2.75) is 39.8 Å². The summed E-state index contributed by atoms with van der Waals surface area (Å²) in [6.07, 6.45) is 5.71. The van der Waals surface area contributed by atoms with E-state index in [0.717, 1.165) is 67.2 Å². The summed E-state index contributed by atoms with van der Waals surface area (Å²) < 4.78 is 6.20. The van der Waals surface area contributed by atoms with Crippen LogP contribution >= 0.6 is 0 Å². The fraction of sp³-hybridized carbons (Fsp3) is 0.343. The quantitative estimate of drug-likeness (QED) is 0.185. The molecule has 5 rings (SSSR count). The van der Waals surface area contributed by atoms with Crippen molar-refractivity contribution >= 4 is 29.3 Å². The number of alkyl carbamates (subject to hydrolysis) is 1. The minimum atomic E-state index is -0.350. The van der Waals surface area contributed by atoms with E-state index < -0.39 is 0 Å². The van der Waals surface area contributed by atoms with E-state index in [9.17, 15) is 9.59 Å². The molecule has 3 heterocycles. The van der Waals surface area contributed by atoms with E-state index in [1.165, 1.54) is 0 Å². The summed E-state index contributed by atoms with van der Waals surface area (Å²) in [7, 11) is 2.13. The summed E-state index contributed by atoms with van der Waals surface area (Å²) >= 11 is 0. The number of hydrogen-bond donors (Lipinski definition) is 3. The van der Waals surface area contributed by atoms with Crippen molar-refractivity contribution in [1.29, 1.82) is 0 Å². The van der Waals surface area contributed by atoms with Crippen molar-refractivity contribution in [1.82, 2.24) is 25.2 Å². The Hall–Kier alpha value is -4.87. The summed E-state index contributed by atoms with van der Waals surface area (Å²) in [5, 5.41) is 9.15. The van der Waals surface area contributed by atoms with Crippen molar-refractivity contribution in [2.75, 3.05) is 50.6 Å². The van der Waals surface area contributed by atoms with Gasteiger partial charge in [0, 0.05) is 66.8 Å². The molecule has 46 heavy (non-hydrogen) atoms. The molecule has 0 radical (unpaired) electrons. The van der Waals surface area contributed by atoms with Gasteiger partial charge in [0.15, 0.2) is 0 Å². The third-order valence-corrected chi connectivity index (χ3v) is 8.37. The molecule has 3 N–H and O–H groups in total. The first kappa shape index (κ1) is 32.5. The molecule has 11 nitrogen and oxygen atoms in total. The number of hydrogen-bond acceptors (Lipinski definition) is 8.